The summed E-state index contributed by atoms with van der Waals surface area (Å²) in [6.07, 6.45) is 4.55. The van der Waals surface area contributed by atoms with Crippen molar-refractivity contribution >= 4 is 34.4 Å². The molecule has 1 aromatic heterocycles. The fraction of sp³-hybridized carbons (Fsp3) is 0.476. The highest BCUT2D eigenvalue weighted by atomic mass is 35.5. The molecule has 2 aromatic rings. The Labute approximate surface area is 168 Å². The van der Waals surface area contributed by atoms with Crippen molar-refractivity contribution < 1.29 is 18.7 Å². The van der Waals surface area contributed by atoms with Gasteiger partial charge in [0, 0.05) is 29.0 Å². The van der Waals surface area contributed by atoms with Crippen molar-refractivity contribution in [1.82, 2.24) is 5.32 Å². The van der Waals surface area contributed by atoms with E-state index in [1.807, 2.05) is 6.92 Å². The lowest BCUT2D eigenvalue weighted by molar-refractivity contribution is -0.150. The average molecular weight is 406 g/mol. The zero-order chi connectivity index (χ0) is 20.3. The highest BCUT2D eigenvalue weighted by Crippen LogP contribution is 2.29. The number of halogens is 1. The van der Waals surface area contributed by atoms with Gasteiger partial charge < -0.3 is 14.5 Å². The average Bonchev–Trinajstić information content (AvgIpc) is 3.18. The molecule has 1 saturated carbocycles. The number of aryl methyl sites for hydroxylation is 1. The molecule has 1 atom stereocenters. The summed E-state index contributed by atoms with van der Waals surface area (Å²) in [6, 6.07) is 4.11. The Morgan fingerprint density at radius 2 is 1.96 bits per heavy atom. The van der Waals surface area contributed by atoms with Gasteiger partial charge in [0.25, 0.3) is 0 Å². The zero-order valence-corrected chi connectivity index (χ0v) is 16.8. The third-order valence-electron chi connectivity index (χ3n) is 5.23. The molecular formula is C21H24ClNO5. The molecule has 7 heteroatoms. The summed E-state index contributed by atoms with van der Waals surface area (Å²) < 4.78 is 10.8. The molecule has 0 bridgehead atoms. The van der Waals surface area contributed by atoms with E-state index < -0.39 is 17.6 Å². The maximum absolute atomic E-state index is 12.7. The van der Waals surface area contributed by atoms with Crippen molar-refractivity contribution in [3.05, 3.63) is 44.8 Å². The molecule has 0 aliphatic heterocycles. The number of esters is 1. The highest BCUT2D eigenvalue weighted by molar-refractivity contribution is 6.32. The van der Waals surface area contributed by atoms with Gasteiger partial charge in [0.15, 0.2) is 0 Å². The topological polar surface area (TPSA) is 85.6 Å². The lowest BCUT2D eigenvalue weighted by Gasteiger charge is -2.22. The van der Waals surface area contributed by atoms with E-state index in [0.717, 1.165) is 31.2 Å². The molecule has 1 aliphatic carbocycles. The highest BCUT2D eigenvalue weighted by Gasteiger charge is 2.32. The lowest BCUT2D eigenvalue weighted by atomic mass is 9.98. The Balaban J connectivity index is 1.83. The van der Waals surface area contributed by atoms with Gasteiger partial charge in [-0.25, -0.2) is 9.59 Å². The fourth-order valence-corrected chi connectivity index (χ4v) is 4.09. The van der Waals surface area contributed by atoms with Crippen molar-refractivity contribution in [2.75, 3.05) is 0 Å². The quantitative estimate of drug-likeness (QED) is 0.584. The van der Waals surface area contributed by atoms with Gasteiger partial charge in [-0.3, -0.25) is 4.79 Å². The number of hydrogen-bond donors (Lipinski definition) is 1. The van der Waals surface area contributed by atoms with Crippen molar-refractivity contribution in [3.8, 4) is 0 Å². The van der Waals surface area contributed by atoms with Crippen molar-refractivity contribution in [2.24, 2.45) is 5.92 Å². The van der Waals surface area contributed by atoms with Crippen LogP contribution in [0.25, 0.3) is 11.0 Å². The number of carbonyl (C=O) groups is 2. The second-order valence-corrected chi connectivity index (χ2v) is 7.62. The van der Waals surface area contributed by atoms with Crippen LogP contribution in [0.3, 0.4) is 0 Å². The number of carbonyl (C=O) groups excluding carboxylic acids is 2. The third kappa shape index (κ3) is 4.55. The van der Waals surface area contributed by atoms with E-state index >= 15 is 0 Å². The van der Waals surface area contributed by atoms with Gasteiger partial charge in [-0.1, -0.05) is 31.4 Å². The first kappa shape index (κ1) is 20.4. The number of ether oxygens (including phenoxy) is 1. The second-order valence-electron chi connectivity index (χ2n) is 7.21. The molecule has 0 unspecified atom stereocenters. The summed E-state index contributed by atoms with van der Waals surface area (Å²) in [4.78, 5) is 36.1. The summed E-state index contributed by atoms with van der Waals surface area (Å²) >= 11 is 6.30. The number of amides is 1. The van der Waals surface area contributed by atoms with Crippen LogP contribution in [0.5, 0.6) is 0 Å². The SMILES string of the molecule is CCc1cc2oc(=O)cc(COC(=O)[C@H](NC(C)=O)C3CCCC3)c2cc1Cl. The molecule has 150 valence electrons. The van der Waals surface area contributed by atoms with E-state index in [1.165, 1.54) is 13.0 Å². The van der Waals surface area contributed by atoms with Gasteiger partial charge in [-0.15, -0.1) is 0 Å². The van der Waals surface area contributed by atoms with Gasteiger partial charge in [-0.2, -0.15) is 0 Å². The van der Waals surface area contributed by atoms with E-state index in [0.29, 0.717) is 28.0 Å². The van der Waals surface area contributed by atoms with Crippen molar-refractivity contribution in [2.45, 2.75) is 58.6 Å². The van der Waals surface area contributed by atoms with Crippen LogP contribution in [0, 0.1) is 5.92 Å². The van der Waals surface area contributed by atoms with Crippen LogP contribution in [0.15, 0.2) is 27.4 Å². The van der Waals surface area contributed by atoms with Gasteiger partial charge >= 0.3 is 11.6 Å². The summed E-state index contributed by atoms with van der Waals surface area (Å²) in [5.74, 6) is -0.672. The van der Waals surface area contributed by atoms with E-state index in [9.17, 15) is 14.4 Å². The largest absolute Gasteiger partial charge is 0.459 e. The lowest BCUT2D eigenvalue weighted by Crippen LogP contribution is -2.45. The normalized spacial score (nSPS) is 15.5. The summed E-state index contributed by atoms with van der Waals surface area (Å²) in [6.45, 7) is 3.26. The molecule has 28 heavy (non-hydrogen) atoms. The maximum Gasteiger partial charge on any atom is 0.336 e. The van der Waals surface area contributed by atoms with Crippen LogP contribution in [0.1, 0.15) is 50.7 Å². The summed E-state index contributed by atoms with van der Waals surface area (Å²) in [5, 5.41) is 3.91. The second kappa shape index (κ2) is 8.78. The van der Waals surface area contributed by atoms with Gasteiger partial charge in [0.1, 0.15) is 18.2 Å². The Morgan fingerprint density at radius 1 is 1.25 bits per heavy atom. The minimum atomic E-state index is -0.665. The zero-order valence-electron chi connectivity index (χ0n) is 16.0. The first-order chi connectivity index (χ1) is 13.4. The Morgan fingerprint density at radius 3 is 2.61 bits per heavy atom. The molecule has 0 saturated heterocycles. The number of fused-ring (bicyclic) bond motifs is 1. The molecule has 6 nitrogen and oxygen atoms in total. The smallest absolute Gasteiger partial charge is 0.336 e. The Kier molecular flexibility index (Phi) is 6.39. The predicted octanol–water partition coefficient (Wildman–Crippen LogP) is 3.75. The first-order valence-corrected chi connectivity index (χ1v) is 9.95. The molecule has 1 heterocycles. The van der Waals surface area contributed by atoms with Crippen LogP contribution >= 0.6 is 11.6 Å². The van der Waals surface area contributed by atoms with Crippen molar-refractivity contribution in [3.63, 3.8) is 0 Å². The van der Waals surface area contributed by atoms with Crippen LogP contribution in [-0.4, -0.2) is 17.9 Å². The van der Waals surface area contributed by atoms with Crippen LogP contribution in [-0.2, 0) is 27.4 Å². The van der Waals surface area contributed by atoms with E-state index in [2.05, 4.69) is 5.32 Å². The Hall–Kier alpha value is -2.34. The minimum Gasteiger partial charge on any atom is -0.459 e. The number of nitrogens with one attached hydrogen (secondary N) is 1. The van der Waals surface area contributed by atoms with Gasteiger partial charge in [0.05, 0.1) is 0 Å². The molecule has 1 aliphatic rings. The van der Waals surface area contributed by atoms with Gasteiger partial charge in [-0.05, 0) is 42.9 Å². The molecule has 3 rings (SSSR count). The fourth-order valence-electron chi connectivity index (χ4n) is 3.80. The van der Waals surface area contributed by atoms with Crippen LogP contribution in [0.4, 0.5) is 0 Å². The molecule has 1 N–H and O–H groups in total. The number of rotatable bonds is 6. The summed E-state index contributed by atoms with van der Waals surface area (Å²) in [5.41, 5.74) is 1.29. The minimum absolute atomic E-state index is 0.0792. The third-order valence-corrected chi connectivity index (χ3v) is 5.58. The monoisotopic (exact) mass is 405 g/mol. The van der Waals surface area contributed by atoms with Crippen molar-refractivity contribution in [1.29, 1.82) is 0 Å². The standard InChI is InChI=1S/C21H24ClNO5/c1-3-13-8-18-16(10-17(13)22)15(9-19(25)28-18)11-27-21(26)20(23-12(2)24)14-6-4-5-7-14/h8-10,14,20H,3-7,11H2,1-2H3,(H,23,24)/t20-/m1/s1. The molecule has 0 radical (unpaired) electrons. The molecule has 0 spiro atoms. The van der Waals surface area contributed by atoms with Gasteiger partial charge in [0.2, 0.25) is 5.91 Å². The molecule has 1 aromatic carbocycles. The van der Waals surface area contributed by atoms with Crippen LogP contribution in [0.2, 0.25) is 5.02 Å². The van der Waals surface area contributed by atoms with E-state index in [4.69, 9.17) is 20.8 Å². The number of hydrogen-bond acceptors (Lipinski definition) is 5. The first-order valence-electron chi connectivity index (χ1n) is 9.58. The Bertz CT molecular complexity index is 946. The molecular weight excluding hydrogens is 382 g/mol. The number of benzene rings is 1. The van der Waals surface area contributed by atoms with Crippen LogP contribution < -0.4 is 10.9 Å². The molecule has 1 fully saturated rings. The van der Waals surface area contributed by atoms with E-state index in [1.54, 1.807) is 12.1 Å². The van der Waals surface area contributed by atoms with E-state index in [-0.39, 0.29) is 18.4 Å². The summed E-state index contributed by atoms with van der Waals surface area (Å²) in [7, 11) is 0. The predicted molar refractivity (Wildman–Crippen MR) is 106 cm³/mol. The maximum atomic E-state index is 12.7. The molecule has 1 amide bonds.